The first kappa shape index (κ1) is 17.3. The zero-order valence-corrected chi connectivity index (χ0v) is 15.3. The lowest BCUT2D eigenvalue weighted by atomic mass is 9.86. The van der Waals surface area contributed by atoms with Crippen molar-refractivity contribution in [3.8, 4) is 34.4 Å². The van der Waals surface area contributed by atoms with E-state index in [0.717, 1.165) is 41.7 Å². The highest BCUT2D eigenvalue weighted by Crippen LogP contribution is 2.50. The molecule has 0 saturated heterocycles. The number of methoxy groups -OCH3 is 1. The number of hydrogen-bond acceptors (Lipinski definition) is 4. The maximum Gasteiger partial charge on any atom is 0.199 e. The maximum atomic E-state index is 10.3. The molecular weight excluding hydrogens is 342 g/mol. The SMILES string of the molecule is COc1ccc(OCCCc2ccccc2)c2c1CCc1c(O)[nH]c(O)c1-2. The maximum absolute atomic E-state index is 10.3. The van der Waals surface area contributed by atoms with Crippen LogP contribution in [0.4, 0.5) is 0 Å². The Morgan fingerprint density at radius 2 is 1.63 bits per heavy atom. The molecule has 0 saturated carbocycles. The number of aryl methyl sites for hydroxylation is 1. The molecule has 1 aliphatic rings. The van der Waals surface area contributed by atoms with Gasteiger partial charge in [0.1, 0.15) is 11.5 Å². The molecule has 0 bridgehead atoms. The normalized spacial score (nSPS) is 12.3. The zero-order valence-electron chi connectivity index (χ0n) is 15.3. The van der Waals surface area contributed by atoms with Crippen LogP contribution in [-0.2, 0) is 19.3 Å². The van der Waals surface area contributed by atoms with Crippen molar-refractivity contribution in [1.82, 2.24) is 4.98 Å². The number of fused-ring (bicyclic) bond motifs is 3. The fourth-order valence-electron chi connectivity index (χ4n) is 3.82. The van der Waals surface area contributed by atoms with Crippen LogP contribution in [0.1, 0.15) is 23.1 Å². The molecular formula is C22H23NO4. The number of H-pyrrole nitrogens is 1. The molecule has 0 fully saturated rings. The van der Waals surface area contributed by atoms with Crippen molar-refractivity contribution < 1.29 is 19.7 Å². The molecule has 1 heterocycles. The van der Waals surface area contributed by atoms with Gasteiger partial charge < -0.3 is 19.7 Å². The number of aromatic nitrogens is 1. The van der Waals surface area contributed by atoms with Gasteiger partial charge >= 0.3 is 0 Å². The van der Waals surface area contributed by atoms with E-state index in [1.807, 2.05) is 30.3 Å². The summed E-state index contributed by atoms with van der Waals surface area (Å²) in [7, 11) is 1.64. The molecule has 1 aromatic heterocycles. The van der Waals surface area contributed by atoms with Gasteiger partial charge in [-0.3, -0.25) is 4.98 Å². The largest absolute Gasteiger partial charge is 0.496 e. The second-order valence-corrected chi connectivity index (χ2v) is 6.73. The third-order valence-corrected chi connectivity index (χ3v) is 5.10. The van der Waals surface area contributed by atoms with Gasteiger partial charge in [-0.1, -0.05) is 30.3 Å². The van der Waals surface area contributed by atoms with Gasteiger partial charge in [-0.25, -0.2) is 0 Å². The van der Waals surface area contributed by atoms with E-state index in [-0.39, 0.29) is 11.8 Å². The number of benzene rings is 2. The number of ether oxygens (including phenoxy) is 2. The van der Waals surface area contributed by atoms with Crippen LogP contribution < -0.4 is 9.47 Å². The number of nitrogens with one attached hydrogen (secondary N) is 1. The van der Waals surface area contributed by atoms with E-state index in [1.165, 1.54) is 5.56 Å². The summed E-state index contributed by atoms with van der Waals surface area (Å²) in [6.45, 7) is 0.570. The minimum Gasteiger partial charge on any atom is -0.496 e. The van der Waals surface area contributed by atoms with Crippen LogP contribution >= 0.6 is 0 Å². The van der Waals surface area contributed by atoms with Crippen LogP contribution in [0.5, 0.6) is 23.3 Å². The minimum atomic E-state index is -0.0363. The fraction of sp³-hybridized carbons (Fsp3) is 0.273. The average molecular weight is 365 g/mol. The summed E-state index contributed by atoms with van der Waals surface area (Å²) in [6.07, 6.45) is 3.19. The number of hydrogen-bond donors (Lipinski definition) is 3. The van der Waals surface area contributed by atoms with E-state index in [4.69, 9.17) is 9.47 Å². The molecule has 0 aliphatic heterocycles. The molecule has 5 nitrogen and oxygen atoms in total. The molecule has 2 aromatic carbocycles. The van der Waals surface area contributed by atoms with Crippen LogP contribution in [0.25, 0.3) is 11.1 Å². The van der Waals surface area contributed by atoms with E-state index in [9.17, 15) is 10.2 Å². The Bertz CT molecular complexity index is 947. The van der Waals surface area contributed by atoms with Gasteiger partial charge in [0.15, 0.2) is 11.8 Å². The van der Waals surface area contributed by atoms with Gasteiger partial charge in [-0.05, 0) is 43.4 Å². The monoisotopic (exact) mass is 365 g/mol. The Morgan fingerprint density at radius 1 is 0.889 bits per heavy atom. The molecule has 3 N–H and O–H groups in total. The lowest BCUT2D eigenvalue weighted by Gasteiger charge is -2.22. The van der Waals surface area contributed by atoms with E-state index in [0.29, 0.717) is 24.3 Å². The van der Waals surface area contributed by atoms with Crippen LogP contribution in [0, 0.1) is 0 Å². The molecule has 0 radical (unpaired) electrons. The molecule has 0 amide bonds. The highest BCUT2D eigenvalue weighted by molar-refractivity contribution is 5.85. The third kappa shape index (κ3) is 3.21. The van der Waals surface area contributed by atoms with E-state index in [2.05, 4.69) is 17.1 Å². The van der Waals surface area contributed by atoms with Gasteiger partial charge in [0.25, 0.3) is 0 Å². The third-order valence-electron chi connectivity index (χ3n) is 5.10. The molecule has 27 heavy (non-hydrogen) atoms. The predicted octanol–water partition coefficient (Wildman–Crippen LogP) is 4.21. The Kier molecular flexibility index (Phi) is 4.67. The molecule has 5 heteroatoms. The summed E-state index contributed by atoms with van der Waals surface area (Å²) in [5, 5.41) is 20.4. The quantitative estimate of drug-likeness (QED) is 0.572. The highest BCUT2D eigenvalue weighted by Gasteiger charge is 2.29. The van der Waals surface area contributed by atoms with Crippen molar-refractivity contribution >= 4 is 0 Å². The highest BCUT2D eigenvalue weighted by atomic mass is 16.5. The van der Waals surface area contributed by atoms with Crippen molar-refractivity contribution in [3.63, 3.8) is 0 Å². The van der Waals surface area contributed by atoms with Crippen LogP contribution in [0.3, 0.4) is 0 Å². The lowest BCUT2D eigenvalue weighted by Crippen LogP contribution is -2.08. The zero-order chi connectivity index (χ0) is 18.8. The Hall–Kier alpha value is -3.08. The van der Waals surface area contributed by atoms with E-state index >= 15 is 0 Å². The Morgan fingerprint density at radius 3 is 2.41 bits per heavy atom. The van der Waals surface area contributed by atoms with Crippen molar-refractivity contribution in [3.05, 3.63) is 59.2 Å². The van der Waals surface area contributed by atoms with Crippen LogP contribution in [0.15, 0.2) is 42.5 Å². The van der Waals surface area contributed by atoms with Gasteiger partial charge in [0.05, 0.1) is 19.3 Å². The van der Waals surface area contributed by atoms with Crippen LogP contribution in [0.2, 0.25) is 0 Å². The Balaban J connectivity index is 1.60. The van der Waals surface area contributed by atoms with E-state index < -0.39 is 0 Å². The van der Waals surface area contributed by atoms with Gasteiger partial charge in [0.2, 0.25) is 0 Å². The van der Waals surface area contributed by atoms with Gasteiger partial charge in [-0.15, -0.1) is 0 Å². The molecule has 3 aromatic rings. The minimum absolute atomic E-state index is 0.0194. The molecule has 140 valence electrons. The number of aromatic hydroxyl groups is 2. The fourth-order valence-corrected chi connectivity index (χ4v) is 3.82. The van der Waals surface area contributed by atoms with Crippen LogP contribution in [-0.4, -0.2) is 28.9 Å². The lowest BCUT2D eigenvalue weighted by molar-refractivity contribution is 0.310. The predicted molar refractivity (Wildman–Crippen MR) is 104 cm³/mol. The van der Waals surface area contributed by atoms with Crippen molar-refractivity contribution in [2.75, 3.05) is 13.7 Å². The first-order chi connectivity index (χ1) is 13.2. The number of aromatic amines is 1. The topological polar surface area (TPSA) is 74.7 Å². The summed E-state index contributed by atoms with van der Waals surface area (Å²) in [6, 6.07) is 14.1. The molecule has 0 unspecified atom stereocenters. The Labute approximate surface area is 158 Å². The average Bonchev–Trinajstić information content (AvgIpc) is 2.99. The van der Waals surface area contributed by atoms with Crippen molar-refractivity contribution in [1.29, 1.82) is 0 Å². The first-order valence-corrected chi connectivity index (χ1v) is 9.18. The van der Waals surface area contributed by atoms with Crippen molar-refractivity contribution in [2.45, 2.75) is 25.7 Å². The van der Waals surface area contributed by atoms with E-state index in [1.54, 1.807) is 7.11 Å². The number of rotatable bonds is 6. The molecule has 4 rings (SSSR count). The second-order valence-electron chi connectivity index (χ2n) is 6.73. The summed E-state index contributed by atoms with van der Waals surface area (Å²) in [5.74, 6) is 1.46. The first-order valence-electron chi connectivity index (χ1n) is 9.18. The van der Waals surface area contributed by atoms with Crippen molar-refractivity contribution in [2.24, 2.45) is 0 Å². The second kappa shape index (κ2) is 7.27. The van der Waals surface area contributed by atoms with Gasteiger partial charge in [0, 0.05) is 16.7 Å². The van der Waals surface area contributed by atoms with Gasteiger partial charge in [-0.2, -0.15) is 0 Å². The molecule has 1 aliphatic carbocycles. The summed E-state index contributed by atoms with van der Waals surface area (Å²) < 4.78 is 11.6. The summed E-state index contributed by atoms with van der Waals surface area (Å²) >= 11 is 0. The summed E-state index contributed by atoms with van der Waals surface area (Å²) in [5.41, 5.74) is 4.44. The standard InChI is InChI=1S/C22H23NO4/c1-26-17-11-12-18(27-13-5-8-14-6-3-2-4-7-14)19-15(17)9-10-16-20(19)22(25)23-21(16)24/h2-4,6-7,11-12,23-25H,5,8-10,13H2,1H3. The smallest absolute Gasteiger partial charge is 0.199 e. The summed E-state index contributed by atoms with van der Waals surface area (Å²) in [4.78, 5) is 2.63. The molecule has 0 atom stereocenters. The molecule has 0 spiro atoms.